The van der Waals surface area contributed by atoms with Crippen molar-refractivity contribution in [2.75, 3.05) is 13.1 Å². The molecular weight excluding hydrogens is 377 g/mol. The molecule has 2 heterocycles. The first-order valence-corrected chi connectivity index (χ1v) is 9.93. The van der Waals surface area contributed by atoms with Gasteiger partial charge in [-0.1, -0.05) is 12.1 Å². The van der Waals surface area contributed by atoms with Crippen LogP contribution in [0.3, 0.4) is 0 Å². The van der Waals surface area contributed by atoms with E-state index < -0.39 is 5.60 Å². The number of thiophene rings is 1. The molecule has 28 heavy (non-hydrogen) atoms. The number of nitrogens with one attached hydrogen (secondary N) is 2. The van der Waals surface area contributed by atoms with Gasteiger partial charge in [0.2, 0.25) is 0 Å². The van der Waals surface area contributed by atoms with E-state index in [1.807, 2.05) is 30.5 Å². The number of benzene rings is 1. The number of hydrogen-bond acceptors (Lipinski definition) is 4. The first-order chi connectivity index (χ1) is 13.5. The minimum atomic E-state index is -0.997. The zero-order chi connectivity index (χ0) is 20.0. The molecule has 3 rings (SSSR count). The van der Waals surface area contributed by atoms with E-state index in [0.717, 1.165) is 10.4 Å². The summed E-state index contributed by atoms with van der Waals surface area (Å²) in [6.45, 7) is 5.04. The molecule has 1 aromatic carbocycles. The van der Waals surface area contributed by atoms with Gasteiger partial charge in [0.25, 0.3) is 0 Å². The standard InChI is InChI=1S/C20H24FN5OS/c1-3-23-19(25-13-20(2,27)18-5-4-10-28-18)24-12-15-6-7-17(16(21)11-15)26-9-8-22-14-26/h4-11,14,27H,3,12-13H2,1-2H3,(H2,23,24,25). The smallest absolute Gasteiger partial charge is 0.191 e. The van der Waals surface area contributed by atoms with Gasteiger partial charge in [-0.3, -0.25) is 0 Å². The van der Waals surface area contributed by atoms with Crippen LogP contribution in [0.5, 0.6) is 0 Å². The molecule has 1 unspecified atom stereocenters. The Morgan fingerprint density at radius 1 is 1.36 bits per heavy atom. The molecule has 2 aromatic heterocycles. The molecule has 1 atom stereocenters. The van der Waals surface area contributed by atoms with Gasteiger partial charge in [-0.05, 0) is 43.0 Å². The van der Waals surface area contributed by atoms with Gasteiger partial charge in [-0.25, -0.2) is 14.4 Å². The van der Waals surface area contributed by atoms with E-state index in [-0.39, 0.29) is 5.82 Å². The van der Waals surface area contributed by atoms with Gasteiger partial charge in [0.1, 0.15) is 11.4 Å². The first-order valence-electron chi connectivity index (χ1n) is 9.05. The quantitative estimate of drug-likeness (QED) is 0.420. The third-order valence-electron chi connectivity index (χ3n) is 4.21. The highest BCUT2D eigenvalue weighted by Crippen LogP contribution is 2.24. The third-order valence-corrected chi connectivity index (χ3v) is 5.33. The second kappa shape index (κ2) is 8.99. The number of rotatable bonds is 7. The Labute approximate surface area is 167 Å². The molecule has 0 amide bonds. The van der Waals surface area contributed by atoms with Crippen molar-refractivity contribution in [3.63, 3.8) is 0 Å². The normalized spacial score (nSPS) is 13.9. The number of hydrogen-bond donors (Lipinski definition) is 3. The Balaban J connectivity index is 1.66. The highest BCUT2D eigenvalue weighted by atomic mass is 32.1. The molecule has 148 valence electrons. The van der Waals surface area contributed by atoms with Crippen LogP contribution in [0.15, 0.2) is 59.4 Å². The number of nitrogens with zero attached hydrogens (tertiary/aromatic N) is 3. The van der Waals surface area contributed by atoms with Gasteiger partial charge in [0.15, 0.2) is 5.96 Å². The molecule has 0 saturated heterocycles. The van der Waals surface area contributed by atoms with Gasteiger partial charge in [-0.15, -0.1) is 11.3 Å². The third kappa shape index (κ3) is 4.96. The first kappa shape index (κ1) is 20.0. The number of guanidine groups is 1. The van der Waals surface area contributed by atoms with E-state index in [0.29, 0.717) is 31.3 Å². The summed E-state index contributed by atoms with van der Waals surface area (Å²) in [6, 6.07) is 8.85. The van der Waals surface area contributed by atoms with E-state index in [4.69, 9.17) is 0 Å². The second-order valence-electron chi connectivity index (χ2n) is 6.56. The highest BCUT2D eigenvalue weighted by Gasteiger charge is 2.24. The summed E-state index contributed by atoms with van der Waals surface area (Å²) in [6.07, 6.45) is 4.86. The molecule has 8 heteroatoms. The Morgan fingerprint density at radius 3 is 2.86 bits per heavy atom. The lowest BCUT2D eigenvalue weighted by Crippen LogP contribution is -2.44. The zero-order valence-corrected chi connectivity index (χ0v) is 16.7. The predicted molar refractivity (Wildman–Crippen MR) is 110 cm³/mol. The Morgan fingerprint density at radius 2 is 2.21 bits per heavy atom. The molecule has 0 radical (unpaired) electrons. The molecule has 0 saturated carbocycles. The zero-order valence-electron chi connectivity index (χ0n) is 15.9. The Bertz CT molecular complexity index is 907. The lowest BCUT2D eigenvalue weighted by Gasteiger charge is -2.23. The van der Waals surface area contributed by atoms with Crippen molar-refractivity contribution in [3.05, 3.63) is 70.7 Å². The fourth-order valence-corrected chi connectivity index (χ4v) is 3.49. The van der Waals surface area contributed by atoms with Gasteiger partial charge < -0.3 is 20.3 Å². The van der Waals surface area contributed by atoms with Gasteiger partial charge >= 0.3 is 0 Å². The van der Waals surface area contributed by atoms with Crippen LogP contribution in [0, 0.1) is 5.82 Å². The Kier molecular flexibility index (Phi) is 6.43. The average Bonchev–Trinajstić information content (AvgIpc) is 3.38. The maximum atomic E-state index is 14.4. The minimum Gasteiger partial charge on any atom is -0.383 e. The van der Waals surface area contributed by atoms with Crippen LogP contribution in [0.25, 0.3) is 5.69 Å². The van der Waals surface area contributed by atoms with E-state index >= 15 is 0 Å². The maximum absolute atomic E-state index is 14.4. The number of aromatic nitrogens is 2. The lowest BCUT2D eigenvalue weighted by atomic mass is 10.1. The molecule has 0 fully saturated rings. The maximum Gasteiger partial charge on any atom is 0.191 e. The lowest BCUT2D eigenvalue weighted by molar-refractivity contribution is 0.0655. The largest absolute Gasteiger partial charge is 0.383 e. The van der Waals surface area contributed by atoms with Crippen molar-refractivity contribution in [3.8, 4) is 5.69 Å². The molecular formula is C20H24FN5OS. The Hall–Kier alpha value is -2.71. The molecule has 0 aliphatic carbocycles. The summed E-state index contributed by atoms with van der Waals surface area (Å²) >= 11 is 1.51. The molecule has 6 nitrogen and oxygen atoms in total. The van der Waals surface area contributed by atoms with Crippen LogP contribution in [0.2, 0.25) is 0 Å². The summed E-state index contributed by atoms with van der Waals surface area (Å²) in [5.74, 6) is 0.239. The second-order valence-corrected chi connectivity index (χ2v) is 7.50. The highest BCUT2D eigenvalue weighted by molar-refractivity contribution is 7.10. The molecule has 3 N–H and O–H groups in total. The summed E-state index contributed by atoms with van der Waals surface area (Å²) in [4.78, 5) is 9.32. The van der Waals surface area contributed by atoms with Crippen molar-refractivity contribution in [1.29, 1.82) is 0 Å². The summed E-state index contributed by atoms with van der Waals surface area (Å²) in [7, 11) is 0. The average molecular weight is 402 g/mol. The van der Waals surface area contributed by atoms with Crippen molar-refractivity contribution in [2.24, 2.45) is 4.99 Å². The number of halogens is 1. The molecule has 0 spiro atoms. The number of aliphatic imine (C=N–C) groups is 1. The molecule has 0 aliphatic heterocycles. The molecule has 0 aliphatic rings. The van der Waals surface area contributed by atoms with Crippen molar-refractivity contribution in [1.82, 2.24) is 20.2 Å². The van der Waals surface area contributed by atoms with Gasteiger partial charge in [0, 0.05) is 23.8 Å². The van der Waals surface area contributed by atoms with Gasteiger partial charge in [0.05, 0.1) is 25.1 Å². The van der Waals surface area contributed by atoms with Crippen LogP contribution in [-0.4, -0.2) is 33.7 Å². The number of imidazole rings is 1. The molecule has 3 aromatic rings. The van der Waals surface area contributed by atoms with Crippen LogP contribution < -0.4 is 10.6 Å². The van der Waals surface area contributed by atoms with Crippen LogP contribution >= 0.6 is 11.3 Å². The van der Waals surface area contributed by atoms with E-state index in [2.05, 4.69) is 20.6 Å². The number of aliphatic hydroxyl groups is 1. The van der Waals surface area contributed by atoms with Crippen LogP contribution in [-0.2, 0) is 12.1 Å². The van der Waals surface area contributed by atoms with E-state index in [1.165, 1.54) is 17.4 Å². The minimum absolute atomic E-state index is 0.313. The topological polar surface area (TPSA) is 74.5 Å². The predicted octanol–water partition coefficient (Wildman–Crippen LogP) is 3.04. The fourth-order valence-electron chi connectivity index (χ4n) is 2.70. The van der Waals surface area contributed by atoms with Crippen LogP contribution in [0.1, 0.15) is 24.3 Å². The summed E-state index contributed by atoms with van der Waals surface area (Å²) < 4.78 is 16.0. The summed E-state index contributed by atoms with van der Waals surface area (Å²) in [5.41, 5.74) is 0.203. The summed E-state index contributed by atoms with van der Waals surface area (Å²) in [5, 5.41) is 18.9. The van der Waals surface area contributed by atoms with E-state index in [9.17, 15) is 9.50 Å². The SMILES string of the molecule is CCNC(=NCc1ccc(-n2ccnc2)c(F)c1)NCC(C)(O)c1cccs1. The van der Waals surface area contributed by atoms with E-state index in [1.54, 1.807) is 36.3 Å². The fraction of sp³-hybridized carbons (Fsp3) is 0.300. The van der Waals surface area contributed by atoms with Crippen molar-refractivity contribution < 1.29 is 9.50 Å². The monoisotopic (exact) mass is 401 g/mol. The van der Waals surface area contributed by atoms with Crippen molar-refractivity contribution >= 4 is 17.3 Å². The van der Waals surface area contributed by atoms with Crippen LogP contribution in [0.4, 0.5) is 4.39 Å². The van der Waals surface area contributed by atoms with Gasteiger partial charge in [-0.2, -0.15) is 0 Å². The van der Waals surface area contributed by atoms with Crippen molar-refractivity contribution in [2.45, 2.75) is 26.0 Å². The molecule has 0 bridgehead atoms.